The average molecular weight is 591 g/mol. The molecule has 1 aliphatic carbocycles. The lowest BCUT2D eigenvalue weighted by atomic mass is 10.1. The molecule has 1 aliphatic rings. The molecule has 0 saturated heterocycles. The molecule has 4 aromatic rings. The maximum Gasteiger partial charge on any atom is 0.417 e. The van der Waals surface area contributed by atoms with Crippen molar-refractivity contribution in [1.82, 2.24) is 4.98 Å². The zero-order valence-corrected chi connectivity index (χ0v) is 22.2. The summed E-state index contributed by atoms with van der Waals surface area (Å²) in [6, 6.07) is 10.6. The Morgan fingerprint density at radius 2 is 1.71 bits per heavy atom. The van der Waals surface area contributed by atoms with Gasteiger partial charge in [-0.25, -0.2) is 9.18 Å². The van der Waals surface area contributed by atoms with Gasteiger partial charge in [-0.15, -0.1) is 0 Å². The molecule has 0 radical (unpaired) electrons. The van der Waals surface area contributed by atoms with Gasteiger partial charge in [0.1, 0.15) is 12.4 Å². The van der Waals surface area contributed by atoms with Crippen LogP contribution < -0.4 is 30.6 Å². The van der Waals surface area contributed by atoms with Gasteiger partial charge in [-0.2, -0.15) is 13.2 Å². The number of anilines is 2. The predicted molar refractivity (Wildman–Crippen MR) is 146 cm³/mol. The summed E-state index contributed by atoms with van der Waals surface area (Å²) in [5.41, 5.74) is 5.09. The zero-order chi connectivity index (χ0) is 29.4. The number of fused-ring (bicyclic) bond motifs is 1. The van der Waals surface area contributed by atoms with Crippen molar-refractivity contribution < 1.29 is 36.6 Å². The van der Waals surface area contributed by atoms with E-state index in [4.69, 9.17) is 31.5 Å². The van der Waals surface area contributed by atoms with E-state index in [2.05, 4.69) is 15.6 Å². The van der Waals surface area contributed by atoms with Crippen LogP contribution in [0.5, 0.6) is 23.0 Å². The third-order valence-electron chi connectivity index (χ3n) is 6.33. The van der Waals surface area contributed by atoms with Crippen LogP contribution in [0.15, 0.2) is 60.8 Å². The number of rotatable bonds is 8. The van der Waals surface area contributed by atoms with Crippen LogP contribution in [-0.4, -0.2) is 30.3 Å². The molecule has 0 unspecified atom stereocenters. The largest absolute Gasteiger partial charge is 0.493 e. The fourth-order valence-electron chi connectivity index (χ4n) is 3.91. The number of amides is 2. The van der Waals surface area contributed by atoms with E-state index in [9.17, 15) is 22.4 Å². The summed E-state index contributed by atoms with van der Waals surface area (Å²) in [5, 5.41) is 4.65. The van der Waals surface area contributed by atoms with Gasteiger partial charge in [0, 0.05) is 35.1 Å². The Labute approximate surface area is 236 Å². The SMILES string of the molecule is COc1cc2c(Oc3ccc(NC(=O)Nc4ccc(Cl)c(C(F)(F)F)c4)cc3F)ccnc2cc1OCC1(N)CC1. The number of hydrogen-bond acceptors (Lipinski definition) is 6. The third kappa shape index (κ3) is 6.55. The first-order chi connectivity index (χ1) is 19.4. The van der Waals surface area contributed by atoms with Crippen LogP contribution in [0.25, 0.3) is 10.9 Å². The Kier molecular flexibility index (Phi) is 7.54. The molecule has 1 saturated carbocycles. The minimum atomic E-state index is -4.70. The molecule has 5 rings (SSSR count). The molecule has 41 heavy (non-hydrogen) atoms. The van der Waals surface area contributed by atoms with Gasteiger partial charge in [0.15, 0.2) is 23.1 Å². The topological polar surface area (TPSA) is 108 Å². The van der Waals surface area contributed by atoms with Crippen molar-refractivity contribution >= 4 is 39.9 Å². The van der Waals surface area contributed by atoms with Crippen molar-refractivity contribution in [1.29, 1.82) is 0 Å². The van der Waals surface area contributed by atoms with Gasteiger partial charge in [-0.1, -0.05) is 11.6 Å². The molecule has 1 heterocycles. The second kappa shape index (κ2) is 10.9. The summed E-state index contributed by atoms with van der Waals surface area (Å²) in [4.78, 5) is 16.7. The standard InChI is InChI=1S/C28H23ClF4N4O4/c1-39-24-12-17-21(13-25(24)40-14-27(34)7-8-27)35-9-6-22(17)41-23-5-3-16(11-20(23)30)37-26(38)36-15-2-4-19(29)18(10-15)28(31,32)33/h2-6,9-13H,7-8,14,34H2,1H3,(H2,36,37,38). The number of benzene rings is 3. The van der Waals surface area contributed by atoms with Gasteiger partial charge in [-0.3, -0.25) is 4.98 Å². The van der Waals surface area contributed by atoms with Gasteiger partial charge in [0.25, 0.3) is 0 Å². The lowest BCUT2D eigenvalue weighted by molar-refractivity contribution is -0.137. The van der Waals surface area contributed by atoms with Crippen molar-refractivity contribution in [2.45, 2.75) is 24.6 Å². The Morgan fingerprint density at radius 3 is 2.37 bits per heavy atom. The highest BCUT2D eigenvalue weighted by Gasteiger charge is 2.39. The van der Waals surface area contributed by atoms with Crippen LogP contribution >= 0.6 is 11.6 Å². The van der Waals surface area contributed by atoms with Crippen LogP contribution in [0.3, 0.4) is 0 Å². The minimum Gasteiger partial charge on any atom is -0.493 e. The highest BCUT2D eigenvalue weighted by Crippen LogP contribution is 2.40. The maximum atomic E-state index is 15.0. The summed E-state index contributed by atoms with van der Waals surface area (Å²) in [7, 11) is 1.49. The van der Waals surface area contributed by atoms with E-state index >= 15 is 0 Å². The van der Waals surface area contributed by atoms with Gasteiger partial charge in [0.2, 0.25) is 0 Å². The Balaban J connectivity index is 1.30. The molecule has 8 nitrogen and oxygen atoms in total. The van der Waals surface area contributed by atoms with Gasteiger partial charge >= 0.3 is 12.2 Å². The average Bonchev–Trinajstić information content (AvgIpc) is 3.66. The molecule has 214 valence electrons. The number of nitrogens with one attached hydrogen (secondary N) is 2. The number of urea groups is 1. The first-order valence-corrected chi connectivity index (χ1v) is 12.6. The predicted octanol–water partition coefficient (Wildman–Crippen LogP) is 7.36. The number of nitrogens with two attached hydrogens (primary N) is 1. The number of carbonyl (C=O) groups excluding carboxylic acids is 1. The third-order valence-corrected chi connectivity index (χ3v) is 6.66. The van der Waals surface area contributed by atoms with Gasteiger partial charge < -0.3 is 30.6 Å². The molecular weight excluding hydrogens is 568 g/mol. The van der Waals surface area contributed by atoms with Crippen LogP contribution in [0.2, 0.25) is 5.02 Å². The molecule has 1 aromatic heterocycles. The van der Waals surface area contributed by atoms with Crippen LogP contribution in [0.4, 0.5) is 33.7 Å². The van der Waals surface area contributed by atoms with E-state index in [-0.39, 0.29) is 28.4 Å². The molecule has 0 bridgehead atoms. The molecule has 1 fully saturated rings. The van der Waals surface area contributed by atoms with E-state index in [1.807, 2.05) is 0 Å². The quantitative estimate of drug-likeness (QED) is 0.185. The number of methoxy groups -OCH3 is 1. The number of pyridine rings is 1. The van der Waals surface area contributed by atoms with Crippen LogP contribution in [0.1, 0.15) is 18.4 Å². The number of alkyl halides is 3. The van der Waals surface area contributed by atoms with E-state index in [1.165, 1.54) is 31.5 Å². The fourth-order valence-corrected chi connectivity index (χ4v) is 4.13. The minimum absolute atomic E-state index is 0.0359. The Bertz CT molecular complexity index is 1630. The lowest BCUT2D eigenvalue weighted by Crippen LogP contribution is -2.29. The highest BCUT2D eigenvalue weighted by atomic mass is 35.5. The smallest absolute Gasteiger partial charge is 0.417 e. The molecule has 0 spiro atoms. The molecule has 4 N–H and O–H groups in total. The number of ether oxygens (including phenoxy) is 3. The molecular formula is C28H23ClF4N4O4. The highest BCUT2D eigenvalue weighted by molar-refractivity contribution is 6.31. The van der Waals surface area contributed by atoms with Crippen molar-refractivity contribution in [3.63, 3.8) is 0 Å². The zero-order valence-electron chi connectivity index (χ0n) is 21.4. The van der Waals surface area contributed by atoms with Gasteiger partial charge in [-0.05, 0) is 55.3 Å². The number of aromatic nitrogens is 1. The van der Waals surface area contributed by atoms with E-state index < -0.39 is 28.6 Å². The molecule has 0 aliphatic heterocycles. The number of carbonyl (C=O) groups is 1. The first kappa shape index (κ1) is 28.2. The summed E-state index contributed by atoms with van der Waals surface area (Å²) >= 11 is 5.60. The van der Waals surface area contributed by atoms with Crippen molar-refractivity contribution in [3.8, 4) is 23.0 Å². The summed E-state index contributed by atoms with van der Waals surface area (Å²) in [6.45, 7) is 0.336. The van der Waals surface area contributed by atoms with E-state index in [0.717, 1.165) is 25.0 Å². The molecule has 2 amide bonds. The van der Waals surface area contributed by atoms with E-state index in [0.29, 0.717) is 35.1 Å². The summed E-state index contributed by atoms with van der Waals surface area (Å²) in [6.07, 6.45) is -1.43. The van der Waals surface area contributed by atoms with Crippen molar-refractivity contribution in [2.24, 2.45) is 5.73 Å². The first-order valence-electron chi connectivity index (χ1n) is 12.2. The number of halogens is 5. The van der Waals surface area contributed by atoms with Crippen molar-refractivity contribution in [3.05, 3.63) is 77.2 Å². The van der Waals surface area contributed by atoms with Crippen molar-refractivity contribution in [2.75, 3.05) is 24.4 Å². The number of hydrogen-bond donors (Lipinski definition) is 3. The Hall–Kier alpha value is -4.29. The van der Waals surface area contributed by atoms with E-state index in [1.54, 1.807) is 18.2 Å². The van der Waals surface area contributed by atoms with Crippen LogP contribution in [0, 0.1) is 5.82 Å². The van der Waals surface area contributed by atoms with Gasteiger partial charge in [0.05, 0.1) is 28.8 Å². The Morgan fingerprint density at radius 1 is 1.00 bits per heavy atom. The summed E-state index contributed by atoms with van der Waals surface area (Å²) < 4.78 is 71.3. The van der Waals surface area contributed by atoms with Crippen LogP contribution in [-0.2, 0) is 6.18 Å². The fraction of sp³-hybridized carbons (Fsp3) is 0.214. The monoisotopic (exact) mass is 590 g/mol. The maximum absolute atomic E-state index is 15.0. The number of nitrogens with zero attached hydrogens (tertiary/aromatic N) is 1. The lowest BCUT2D eigenvalue weighted by Gasteiger charge is -2.16. The molecule has 3 aromatic carbocycles. The second-order valence-corrected chi connectivity index (χ2v) is 9.91. The normalized spacial score (nSPS) is 13.9. The molecule has 13 heteroatoms. The summed E-state index contributed by atoms with van der Waals surface area (Å²) in [5.74, 6) is 0.235. The second-order valence-electron chi connectivity index (χ2n) is 9.50. The molecule has 0 atom stereocenters.